The van der Waals surface area contributed by atoms with Gasteiger partial charge >= 0.3 is 0 Å². The SMILES string of the molecule is O=C(NCCc1cccc(Cl)c1)c1cc(F)c(F)cc1Cl. The molecule has 2 rings (SSSR count). The summed E-state index contributed by atoms with van der Waals surface area (Å²) in [4.78, 5) is 11.9. The number of nitrogens with one attached hydrogen (secondary N) is 1. The summed E-state index contributed by atoms with van der Waals surface area (Å²) in [5, 5.41) is 3.08. The first-order chi connectivity index (χ1) is 9.97. The number of rotatable bonds is 4. The Labute approximate surface area is 130 Å². The van der Waals surface area contributed by atoms with Gasteiger partial charge in [-0.05, 0) is 36.2 Å². The maximum atomic E-state index is 13.1. The van der Waals surface area contributed by atoms with E-state index in [0.717, 1.165) is 17.7 Å². The third-order valence-electron chi connectivity index (χ3n) is 2.84. The summed E-state index contributed by atoms with van der Waals surface area (Å²) < 4.78 is 26.1. The van der Waals surface area contributed by atoms with Crippen LogP contribution in [-0.4, -0.2) is 12.5 Å². The Morgan fingerprint density at radius 3 is 2.52 bits per heavy atom. The Bertz CT molecular complexity index is 677. The molecule has 0 saturated heterocycles. The molecule has 2 aromatic carbocycles. The zero-order chi connectivity index (χ0) is 15.4. The molecule has 0 aliphatic rings. The van der Waals surface area contributed by atoms with Crippen molar-refractivity contribution in [1.29, 1.82) is 0 Å². The molecule has 0 radical (unpaired) electrons. The van der Waals surface area contributed by atoms with Crippen LogP contribution in [0.4, 0.5) is 8.78 Å². The molecule has 0 aromatic heterocycles. The van der Waals surface area contributed by atoms with E-state index in [2.05, 4.69) is 5.32 Å². The van der Waals surface area contributed by atoms with Gasteiger partial charge in [0.15, 0.2) is 11.6 Å². The Balaban J connectivity index is 1.98. The van der Waals surface area contributed by atoms with Gasteiger partial charge in [-0.2, -0.15) is 0 Å². The fourth-order valence-electron chi connectivity index (χ4n) is 1.80. The van der Waals surface area contributed by atoms with E-state index >= 15 is 0 Å². The minimum absolute atomic E-state index is 0.0957. The van der Waals surface area contributed by atoms with Gasteiger partial charge in [0.2, 0.25) is 0 Å². The highest BCUT2D eigenvalue weighted by Crippen LogP contribution is 2.20. The molecule has 6 heteroatoms. The standard InChI is InChI=1S/C15H11Cl2F2NO/c16-10-3-1-2-9(6-10)4-5-20-15(21)11-7-13(18)14(19)8-12(11)17/h1-3,6-8H,4-5H2,(H,20,21). The molecule has 2 aromatic rings. The number of hydrogen-bond donors (Lipinski definition) is 1. The quantitative estimate of drug-likeness (QED) is 0.835. The highest BCUT2D eigenvalue weighted by atomic mass is 35.5. The van der Waals surface area contributed by atoms with Crippen LogP contribution in [0.2, 0.25) is 10.0 Å². The molecule has 21 heavy (non-hydrogen) atoms. The largest absolute Gasteiger partial charge is 0.352 e. The van der Waals surface area contributed by atoms with Crippen molar-refractivity contribution >= 4 is 29.1 Å². The molecular weight excluding hydrogens is 319 g/mol. The van der Waals surface area contributed by atoms with Crippen molar-refractivity contribution in [3.05, 3.63) is 69.2 Å². The Morgan fingerprint density at radius 1 is 1.10 bits per heavy atom. The van der Waals surface area contributed by atoms with Crippen LogP contribution in [0.3, 0.4) is 0 Å². The highest BCUT2D eigenvalue weighted by molar-refractivity contribution is 6.33. The number of carbonyl (C=O) groups excluding carboxylic acids is 1. The monoisotopic (exact) mass is 329 g/mol. The fourth-order valence-corrected chi connectivity index (χ4v) is 2.25. The van der Waals surface area contributed by atoms with Gasteiger partial charge in [0.25, 0.3) is 5.91 Å². The number of halogens is 4. The van der Waals surface area contributed by atoms with E-state index in [1.807, 2.05) is 12.1 Å². The average Bonchev–Trinajstić information content (AvgIpc) is 2.43. The van der Waals surface area contributed by atoms with E-state index in [0.29, 0.717) is 18.0 Å². The van der Waals surface area contributed by atoms with Crippen molar-refractivity contribution in [3.63, 3.8) is 0 Å². The summed E-state index contributed by atoms with van der Waals surface area (Å²) in [7, 11) is 0. The topological polar surface area (TPSA) is 29.1 Å². The predicted molar refractivity (Wildman–Crippen MR) is 78.9 cm³/mol. The van der Waals surface area contributed by atoms with Gasteiger partial charge in [0, 0.05) is 11.6 Å². The van der Waals surface area contributed by atoms with E-state index in [9.17, 15) is 13.6 Å². The fraction of sp³-hybridized carbons (Fsp3) is 0.133. The van der Waals surface area contributed by atoms with Crippen molar-refractivity contribution in [2.75, 3.05) is 6.54 Å². The zero-order valence-corrected chi connectivity index (χ0v) is 12.3. The lowest BCUT2D eigenvalue weighted by molar-refractivity contribution is 0.0953. The van der Waals surface area contributed by atoms with Crippen LogP contribution < -0.4 is 5.32 Å². The average molecular weight is 330 g/mol. The molecule has 1 amide bonds. The predicted octanol–water partition coefficient (Wildman–Crippen LogP) is 4.24. The van der Waals surface area contributed by atoms with Crippen LogP contribution in [0.25, 0.3) is 0 Å². The lowest BCUT2D eigenvalue weighted by Crippen LogP contribution is -2.26. The minimum atomic E-state index is -1.11. The van der Waals surface area contributed by atoms with Crippen molar-refractivity contribution < 1.29 is 13.6 Å². The van der Waals surface area contributed by atoms with Gasteiger partial charge in [-0.1, -0.05) is 35.3 Å². The first-order valence-electron chi connectivity index (χ1n) is 6.14. The molecule has 0 aliphatic carbocycles. The molecule has 2 nitrogen and oxygen atoms in total. The Morgan fingerprint density at radius 2 is 1.81 bits per heavy atom. The van der Waals surface area contributed by atoms with Crippen LogP contribution in [0, 0.1) is 11.6 Å². The maximum absolute atomic E-state index is 13.1. The smallest absolute Gasteiger partial charge is 0.252 e. The maximum Gasteiger partial charge on any atom is 0.252 e. The van der Waals surface area contributed by atoms with Crippen LogP contribution in [0.5, 0.6) is 0 Å². The van der Waals surface area contributed by atoms with Gasteiger partial charge in [-0.3, -0.25) is 4.79 Å². The molecule has 0 heterocycles. The number of carbonyl (C=O) groups is 1. The number of hydrogen-bond acceptors (Lipinski definition) is 1. The molecule has 0 fully saturated rings. The normalized spacial score (nSPS) is 10.5. The van der Waals surface area contributed by atoms with Crippen LogP contribution in [-0.2, 0) is 6.42 Å². The van der Waals surface area contributed by atoms with E-state index in [1.54, 1.807) is 12.1 Å². The highest BCUT2D eigenvalue weighted by Gasteiger charge is 2.14. The lowest BCUT2D eigenvalue weighted by atomic mass is 10.1. The lowest BCUT2D eigenvalue weighted by Gasteiger charge is -2.07. The van der Waals surface area contributed by atoms with E-state index in [4.69, 9.17) is 23.2 Å². The van der Waals surface area contributed by atoms with Crippen molar-refractivity contribution in [2.24, 2.45) is 0 Å². The molecule has 0 bridgehead atoms. The molecule has 110 valence electrons. The van der Waals surface area contributed by atoms with Crippen LogP contribution in [0.1, 0.15) is 15.9 Å². The van der Waals surface area contributed by atoms with Crippen molar-refractivity contribution in [1.82, 2.24) is 5.32 Å². The summed E-state index contributed by atoms with van der Waals surface area (Å²) in [6.45, 7) is 0.328. The van der Waals surface area contributed by atoms with Crippen LogP contribution >= 0.6 is 23.2 Å². The van der Waals surface area contributed by atoms with Gasteiger partial charge in [-0.15, -0.1) is 0 Å². The summed E-state index contributed by atoms with van der Waals surface area (Å²) in [5.41, 5.74) is 0.862. The molecule has 0 saturated carbocycles. The second-order valence-electron chi connectivity index (χ2n) is 4.38. The minimum Gasteiger partial charge on any atom is -0.352 e. The summed E-state index contributed by atoms with van der Waals surface area (Å²) in [6, 6.07) is 8.80. The summed E-state index contributed by atoms with van der Waals surface area (Å²) >= 11 is 11.6. The molecule has 1 N–H and O–H groups in total. The van der Waals surface area contributed by atoms with Crippen molar-refractivity contribution in [3.8, 4) is 0 Å². The third kappa shape index (κ3) is 4.16. The summed E-state index contributed by atoms with van der Waals surface area (Å²) in [5.74, 6) is -2.75. The second kappa shape index (κ2) is 6.87. The first-order valence-corrected chi connectivity index (χ1v) is 6.90. The zero-order valence-electron chi connectivity index (χ0n) is 10.8. The van der Waals surface area contributed by atoms with Crippen molar-refractivity contribution in [2.45, 2.75) is 6.42 Å². The Kier molecular flexibility index (Phi) is 5.15. The Hall–Kier alpha value is -1.65. The number of amides is 1. The van der Waals surface area contributed by atoms with E-state index < -0.39 is 17.5 Å². The summed E-state index contributed by atoms with van der Waals surface area (Å²) in [6.07, 6.45) is 0.563. The molecule has 0 aliphatic heterocycles. The van der Waals surface area contributed by atoms with E-state index in [-0.39, 0.29) is 10.6 Å². The number of benzene rings is 2. The van der Waals surface area contributed by atoms with E-state index in [1.165, 1.54) is 0 Å². The van der Waals surface area contributed by atoms with Gasteiger partial charge in [0.05, 0.1) is 10.6 Å². The van der Waals surface area contributed by atoms with Crippen LogP contribution in [0.15, 0.2) is 36.4 Å². The molecule has 0 atom stereocenters. The van der Waals surface area contributed by atoms with Gasteiger partial charge in [-0.25, -0.2) is 8.78 Å². The van der Waals surface area contributed by atoms with Gasteiger partial charge < -0.3 is 5.32 Å². The van der Waals surface area contributed by atoms with Gasteiger partial charge in [0.1, 0.15) is 0 Å². The first kappa shape index (κ1) is 15.7. The molecule has 0 spiro atoms. The second-order valence-corrected chi connectivity index (χ2v) is 5.23. The molecular formula is C15H11Cl2F2NO. The molecule has 0 unspecified atom stereocenters. The third-order valence-corrected chi connectivity index (χ3v) is 3.39.